The molecule has 0 saturated carbocycles. The van der Waals surface area contributed by atoms with Crippen LogP contribution in [-0.2, 0) is 9.47 Å². The van der Waals surface area contributed by atoms with Gasteiger partial charge in [0.25, 0.3) is 0 Å². The van der Waals surface area contributed by atoms with Gasteiger partial charge in [-0.15, -0.1) is 0 Å². The Morgan fingerprint density at radius 3 is 2.55 bits per heavy atom. The number of hydrogen-bond donors (Lipinski definition) is 1. The fourth-order valence-electron chi connectivity index (χ4n) is 1.53. The van der Waals surface area contributed by atoms with Crippen LogP contribution in [0.2, 0.25) is 0 Å². The summed E-state index contributed by atoms with van der Waals surface area (Å²) in [6.07, 6.45) is -4.14. The van der Waals surface area contributed by atoms with Crippen molar-refractivity contribution in [3.63, 3.8) is 0 Å². The zero-order valence-corrected chi connectivity index (χ0v) is 11.0. The first-order valence-electron chi connectivity index (χ1n) is 5.97. The standard InChI is InChI=1S/C13H16F3NO3/c1-9-5-10(7-11(17)6-9)12(18)20-4-2-3-19-8-13(14,15)16/h5-7H,2-4,8,17H2,1H3. The van der Waals surface area contributed by atoms with Gasteiger partial charge in [0.2, 0.25) is 0 Å². The highest BCUT2D eigenvalue weighted by Crippen LogP contribution is 2.14. The number of ether oxygens (including phenoxy) is 2. The Bertz CT molecular complexity index is 440. The van der Waals surface area contributed by atoms with Gasteiger partial charge in [-0.2, -0.15) is 13.2 Å². The summed E-state index contributed by atoms with van der Waals surface area (Å²) in [5.74, 6) is -0.559. The first kappa shape index (κ1) is 16.3. The minimum Gasteiger partial charge on any atom is -0.462 e. The normalized spacial score (nSPS) is 11.4. The predicted molar refractivity (Wildman–Crippen MR) is 67.4 cm³/mol. The zero-order chi connectivity index (χ0) is 15.2. The van der Waals surface area contributed by atoms with E-state index in [-0.39, 0.29) is 19.6 Å². The smallest absolute Gasteiger partial charge is 0.411 e. The van der Waals surface area contributed by atoms with Gasteiger partial charge in [-0.05, 0) is 30.7 Å². The summed E-state index contributed by atoms with van der Waals surface area (Å²) in [5, 5.41) is 0. The van der Waals surface area contributed by atoms with Crippen molar-refractivity contribution in [1.82, 2.24) is 0 Å². The topological polar surface area (TPSA) is 61.6 Å². The van der Waals surface area contributed by atoms with Crippen LogP contribution in [0.5, 0.6) is 0 Å². The van der Waals surface area contributed by atoms with Crippen molar-refractivity contribution in [3.05, 3.63) is 29.3 Å². The molecule has 7 heteroatoms. The second kappa shape index (κ2) is 7.14. The molecule has 0 heterocycles. The molecule has 0 bridgehead atoms. The van der Waals surface area contributed by atoms with Gasteiger partial charge in [-0.25, -0.2) is 4.79 Å². The third-order valence-electron chi connectivity index (χ3n) is 2.27. The summed E-state index contributed by atoms with van der Waals surface area (Å²) in [6, 6.07) is 4.82. The summed E-state index contributed by atoms with van der Waals surface area (Å²) < 4.78 is 44.6. The Morgan fingerprint density at radius 1 is 1.25 bits per heavy atom. The van der Waals surface area contributed by atoms with Crippen LogP contribution >= 0.6 is 0 Å². The van der Waals surface area contributed by atoms with Crippen molar-refractivity contribution in [1.29, 1.82) is 0 Å². The summed E-state index contributed by atoms with van der Waals surface area (Å²) in [5.41, 5.74) is 7.19. The van der Waals surface area contributed by atoms with Crippen molar-refractivity contribution in [2.45, 2.75) is 19.5 Å². The molecule has 2 N–H and O–H groups in total. The summed E-state index contributed by atoms with van der Waals surface area (Å²) in [7, 11) is 0. The van der Waals surface area contributed by atoms with Gasteiger partial charge < -0.3 is 15.2 Å². The van der Waals surface area contributed by atoms with Crippen LogP contribution in [-0.4, -0.2) is 32.0 Å². The van der Waals surface area contributed by atoms with Crippen LogP contribution in [0.15, 0.2) is 18.2 Å². The Balaban J connectivity index is 2.27. The minimum absolute atomic E-state index is 0.00939. The van der Waals surface area contributed by atoms with Crippen LogP contribution in [0, 0.1) is 6.92 Å². The van der Waals surface area contributed by atoms with Crippen LogP contribution in [0.4, 0.5) is 18.9 Å². The fraction of sp³-hybridized carbons (Fsp3) is 0.462. The lowest BCUT2D eigenvalue weighted by atomic mass is 10.1. The highest BCUT2D eigenvalue weighted by atomic mass is 19.4. The summed E-state index contributed by atoms with van der Waals surface area (Å²) in [4.78, 5) is 11.6. The van der Waals surface area contributed by atoms with Gasteiger partial charge >= 0.3 is 12.1 Å². The molecule has 0 aromatic heterocycles. The van der Waals surface area contributed by atoms with Crippen LogP contribution < -0.4 is 5.73 Å². The van der Waals surface area contributed by atoms with Crippen LogP contribution in [0.1, 0.15) is 22.3 Å². The Hall–Kier alpha value is -1.76. The number of rotatable bonds is 6. The Labute approximate surface area is 114 Å². The maximum absolute atomic E-state index is 11.8. The second-order valence-corrected chi connectivity index (χ2v) is 4.29. The minimum atomic E-state index is -4.34. The van der Waals surface area contributed by atoms with Crippen molar-refractivity contribution >= 4 is 11.7 Å². The van der Waals surface area contributed by atoms with E-state index in [0.29, 0.717) is 11.3 Å². The number of hydrogen-bond acceptors (Lipinski definition) is 4. The molecule has 0 radical (unpaired) electrons. The van der Waals surface area contributed by atoms with E-state index in [0.717, 1.165) is 5.56 Å². The number of esters is 1. The lowest BCUT2D eigenvalue weighted by Gasteiger charge is -2.08. The molecular formula is C13H16F3NO3. The number of alkyl halides is 3. The quantitative estimate of drug-likeness (QED) is 0.497. The van der Waals surface area contributed by atoms with Gasteiger partial charge in [-0.3, -0.25) is 0 Å². The number of carbonyl (C=O) groups excluding carboxylic acids is 1. The zero-order valence-electron chi connectivity index (χ0n) is 11.0. The average molecular weight is 291 g/mol. The van der Waals surface area contributed by atoms with Gasteiger partial charge in [0.1, 0.15) is 6.61 Å². The second-order valence-electron chi connectivity index (χ2n) is 4.29. The van der Waals surface area contributed by atoms with E-state index < -0.39 is 18.8 Å². The molecule has 1 rings (SSSR count). The molecular weight excluding hydrogens is 275 g/mol. The van der Waals surface area contributed by atoms with Gasteiger partial charge in [0, 0.05) is 12.1 Å². The van der Waals surface area contributed by atoms with Gasteiger partial charge in [0.05, 0.1) is 18.8 Å². The number of carbonyl (C=O) groups is 1. The molecule has 0 amide bonds. The average Bonchev–Trinajstić information content (AvgIpc) is 2.30. The third kappa shape index (κ3) is 6.42. The molecule has 112 valence electrons. The molecule has 1 aromatic rings. The van der Waals surface area contributed by atoms with E-state index in [1.807, 2.05) is 0 Å². The number of aryl methyl sites for hydroxylation is 1. The largest absolute Gasteiger partial charge is 0.462 e. The molecule has 0 aliphatic rings. The maximum Gasteiger partial charge on any atom is 0.411 e. The monoisotopic (exact) mass is 291 g/mol. The van der Waals surface area contributed by atoms with Crippen LogP contribution in [0.3, 0.4) is 0 Å². The molecule has 0 unspecified atom stereocenters. The first-order chi connectivity index (χ1) is 9.28. The van der Waals surface area contributed by atoms with Crippen molar-refractivity contribution in [2.24, 2.45) is 0 Å². The molecule has 1 aromatic carbocycles. The number of anilines is 1. The van der Waals surface area contributed by atoms with Gasteiger partial charge in [0.15, 0.2) is 0 Å². The molecule has 0 atom stereocenters. The molecule has 20 heavy (non-hydrogen) atoms. The highest BCUT2D eigenvalue weighted by Gasteiger charge is 2.27. The van der Waals surface area contributed by atoms with E-state index in [1.54, 1.807) is 19.1 Å². The van der Waals surface area contributed by atoms with E-state index in [4.69, 9.17) is 10.5 Å². The summed E-state index contributed by atoms with van der Waals surface area (Å²) in [6.45, 7) is 0.362. The molecule has 0 aliphatic heterocycles. The van der Waals surface area contributed by atoms with Crippen molar-refractivity contribution in [3.8, 4) is 0 Å². The number of benzene rings is 1. The molecule has 0 fully saturated rings. The molecule has 0 aliphatic carbocycles. The van der Waals surface area contributed by atoms with E-state index >= 15 is 0 Å². The number of nitrogens with two attached hydrogens (primary N) is 1. The number of halogens is 3. The van der Waals surface area contributed by atoms with Crippen molar-refractivity contribution < 1.29 is 27.4 Å². The highest BCUT2D eigenvalue weighted by molar-refractivity contribution is 5.90. The molecule has 0 spiro atoms. The predicted octanol–water partition coefficient (Wildman–Crippen LogP) is 2.70. The third-order valence-corrected chi connectivity index (χ3v) is 2.27. The molecule has 4 nitrogen and oxygen atoms in total. The maximum atomic E-state index is 11.8. The Morgan fingerprint density at radius 2 is 1.95 bits per heavy atom. The van der Waals surface area contributed by atoms with E-state index in [1.165, 1.54) is 6.07 Å². The Kier molecular flexibility index (Phi) is 5.82. The molecule has 0 saturated heterocycles. The lowest BCUT2D eigenvalue weighted by Crippen LogP contribution is -2.18. The lowest BCUT2D eigenvalue weighted by molar-refractivity contribution is -0.174. The van der Waals surface area contributed by atoms with Gasteiger partial charge in [-0.1, -0.05) is 0 Å². The fourth-order valence-corrected chi connectivity index (χ4v) is 1.53. The first-order valence-corrected chi connectivity index (χ1v) is 5.97. The van der Waals surface area contributed by atoms with E-state index in [9.17, 15) is 18.0 Å². The van der Waals surface area contributed by atoms with Crippen molar-refractivity contribution in [2.75, 3.05) is 25.6 Å². The van der Waals surface area contributed by atoms with E-state index in [2.05, 4.69) is 4.74 Å². The summed E-state index contributed by atoms with van der Waals surface area (Å²) >= 11 is 0. The van der Waals surface area contributed by atoms with Crippen LogP contribution in [0.25, 0.3) is 0 Å². The number of nitrogen functional groups attached to an aromatic ring is 1. The SMILES string of the molecule is Cc1cc(N)cc(C(=O)OCCCOCC(F)(F)F)c1.